The number of Topliss-reactive ketones (excluding diaryl/α,β-unsaturated/α-hetero) is 2. The predicted octanol–water partition coefficient (Wildman–Crippen LogP) is 2.56. The monoisotopic (exact) mass is 574 g/mol. The maximum absolute atomic E-state index is 14.0. The quantitative estimate of drug-likeness (QED) is 0.226. The molecule has 4 amide bonds. The van der Waals surface area contributed by atoms with Crippen LogP contribution in [0.5, 0.6) is 0 Å². The summed E-state index contributed by atoms with van der Waals surface area (Å²) in [5, 5.41) is 8.09. The third-order valence-corrected chi connectivity index (χ3v) is 7.91. The van der Waals surface area contributed by atoms with E-state index in [9.17, 15) is 28.8 Å². The van der Waals surface area contributed by atoms with Crippen LogP contribution in [0.3, 0.4) is 0 Å². The van der Waals surface area contributed by atoms with Gasteiger partial charge in [-0.3, -0.25) is 24.0 Å². The molecule has 0 aromatic carbocycles. The summed E-state index contributed by atoms with van der Waals surface area (Å²) in [4.78, 5) is 79.6. The molecule has 2 aliphatic carbocycles. The van der Waals surface area contributed by atoms with Crippen molar-refractivity contribution < 1.29 is 33.5 Å². The Labute approximate surface area is 242 Å². The Bertz CT molecular complexity index is 1060. The highest BCUT2D eigenvalue weighted by Gasteiger charge is 2.51. The second-order valence-corrected chi connectivity index (χ2v) is 12.7. The van der Waals surface area contributed by atoms with Crippen LogP contribution in [0.15, 0.2) is 12.2 Å². The number of carbonyl (C=O) groups is 6. The highest BCUT2D eigenvalue weighted by atomic mass is 16.6. The number of carbonyl (C=O) groups excluding carboxylic acids is 6. The second kappa shape index (κ2) is 13.6. The molecule has 0 radical (unpaired) electrons. The molecule has 2 saturated carbocycles. The van der Waals surface area contributed by atoms with Gasteiger partial charge < -0.3 is 25.6 Å². The molecule has 1 saturated heterocycles. The van der Waals surface area contributed by atoms with E-state index in [-0.39, 0.29) is 36.5 Å². The van der Waals surface area contributed by atoms with E-state index in [4.69, 9.17) is 4.74 Å². The molecule has 3 rings (SSSR count). The number of nitrogens with zero attached hydrogens (tertiary/aromatic N) is 1. The minimum absolute atomic E-state index is 0.0116. The highest BCUT2D eigenvalue weighted by Crippen LogP contribution is 2.42. The lowest BCUT2D eigenvalue weighted by Gasteiger charge is -2.32. The Morgan fingerprint density at radius 2 is 1.66 bits per heavy atom. The van der Waals surface area contributed by atoms with Gasteiger partial charge in [-0.25, -0.2) is 4.79 Å². The zero-order valence-corrected chi connectivity index (χ0v) is 25.0. The predicted molar refractivity (Wildman–Crippen MR) is 152 cm³/mol. The topological polar surface area (TPSA) is 151 Å². The van der Waals surface area contributed by atoms with Gasteiger partial charge in [0.25, 0.3) is 5.91 Å². The first kappa shape index (κ1) is 32.3. The van der Waals surface area contributed by atoms with Gasteiger partial charge in [0.05, 0.1) is 6.04 Å². The van der Waals surface area contributed by atoms with E-state index >= 15 is 0 Å². The summed E-state index contributed by atoms with van der Waals surface area (Å²) in [7, 11) is 0. The van der Waals surface area contributed by atoms with Crippen molar-refractivity contribution in [2.75, 3.05) is 6.54 Å². The molecule has 11 heteroatoms. The third kappa shape index (κ3) is 8.87. The van der Waals surface area contributed by atoms with Crippen molar-refractivity contribution in [1.29, 1.82) is 0 Å². The molecule has 0 spiro atoms. The molecule has 11 nitrogen and oxygen atoms in total. The van der Waals surface area contributed by atoms with Crippen molar-refractivity contribution >= 4 is 35.4 Å². The lowest BCUT2D eigenvalue weighted by atomic mass is 9.92. The van der Waals surface area contributed by atoms with Gasteiger partial charge in [0.1, 0.15) is 17.7 Å². The number of ether oxygens (including phenoxy) is 1. The van der Waals surface area contributed by atoms with E-state index < -0.39 is 53.3 Å². The number of nitrogens with one attached hydrogen (secondary N) is 3. The number of hydrogen-bond acceptors (Lipinski definition) is 7. The molecule has 3 N–H and O–H groups in total. The first-order chi connectivity index (χ1) is 19.2. The van der Waals surface area contributed by atoms with Gasteiger partial charge in [-0.05, 0) is 83.6 Å². The van der Waals surface area contributed by atoms with Gasteiger partial charge in [0.2, 0.25) is 17.6 Å². The van der Waals surface area contributed by atoms with Gasteiger partial charge in [0, 0.05) is 19.0 Å². The van der Waals surface area contributed by atoms with Crippen LogP contribution in [-0.2, 0) is 28.7 Å². The highest BCUT2D eigenvalue weighted by molar-refractivity contribution is 6.38. The molecule has 3 fully saturated rings. The van der Waals surface area contributed by atoms with Crippen LogP contribution in [-0.4, -0.2) is 76.6 Å². The van der Waals surface area contributed by atoms with Gasteiger partial charge in [-0.1, -0.05) is 26.3 Å². The summed E-state index contributed by atoms with van der Waals surface area (Å²) in [6, 6.07) is -2.93. The summed E-state index contributed by atoms with van der Waals surface area (Å²) < 4.78 is 5.37. The number of amides is 4. The molecule has 41 heavy (non-hydrogen) atoms. The van der Waals surface area contributed by atoms with Crippen LogP contribution in [0.25, 0.3) is 0 Å². The van der Waals surface area contributed by atoms with Crippen molar-refractivity contribution in [1.82, 2.24) is 20.9 Å². The maximum atomic E-state index is 14.0. The smallest absolute Gasteiger partial charge is 0.408 e. The number of allylic oxidation sites excluding steroid dienone is 1. The minimum atomic E-state index is -1.10. The number of likely N-dealkylation sites (tertiary alicyclic amines) is 1. The third-order valence-electron chi connectivity index (χ3n) is 7.91. The average molecular weight is 575 g/mol. The van der Waals surface area contributed by atoms with Gasteiger partial charge in [0.15, 0.2) is 5.78 Å². The van der Waals surface area contributed by atoms with E-state index in [0.717, 1.165) is 32.1 Å². The molecule has 0 aromatic heterocycles. The first-order valence-electron chi connectivity index (χ1n) is 14.9. The molecule has 0 bridgehead atoms. The van der Waals surface area contributed by atoms with Crippen LogP contribution in [0.4, 0.5) is 4.79 Å². The molecular formula is C30H46N4O7. The zero-order chi connectivity index (χ0) is 30.5. The van der Waals surface area contributed by atoms with E-state index in [1.54, 1.807) is 27.7 Å². The molecule has 0 aromatic rings. The SMILES string of the molecule is C=C(C)C(=O)CC[C@H](NC(=O)OC(C)(C)C)C(=O)N1C[C@@H]2CCC[C@@H]2C1C(=O)N[C@@H](CCC)C(=O)C(=O)NC1CC1. The van der Waals surface area contributed by atoms with E-state index in [0.29, 0.717) is 25.0 Å². The largest absolute Gasteiger partial charge is 0.444 e. The van der Waals surface area contributed by atoms with Gasteiger partial charge >= 0.3 is 6.09 Å². The van der Waals surface area contributed by atoms with Crippen molar-refractivity contribution in [3.8, 4) is 0 Å². The minimum Gasteiger partial charge on any atom is -0.444 e. The zero-order valence-electron chi connectivity index (χ0n) is 25.0. The summed E-state index contributed by atoms with van der Waals surface area (Å²) >= 11 is 0. The van der Waals surface area contributed by atoms with Crippen molar-refractivity contribution in [3.05, 3.63) is 12.2 Å². The Kier molecular flexibility index (Phi) is 10.7. The molecule has 5 atom stereocenters. The van der Waals surface area contributed by atoms with E-state index in [1.807, 2.05) is 6.92 Å². The van der Waals surface area contributed by atoms with Crippen LogP contribution in [0, 0.1) is 11.8 Å². The number of hydrogen-bond donors (Lipinski definition) is 3. The summed E-state index contributed by atoms with van der Waals surface area (Å²) in [6.07, 6.45) is 4.28. The summed E-state index contributed by atoms with van der Waals surface area (Å²) in [6.45, 7) is 12.6. The van der Waals surface area contributed by atoms with Gasteiger partial charge in [-0.2, -0.15) is 0 Å². The normalized spacial score (nSPS) is 23.1. The molecule has 1 unspecified atom stereocenters. The molecule has 3 aliphatic rings. The van der Waals surface area contributed by atoms with Crippen LogP contribution >= 0.6 is 0 Å². The lowest BCUT2D eigenvalue weighted by Crippen LogP contribution is -2.57. The molecule has 1 aliphatic heterocycles. The summed E-state index contributed by atoms with van der Waals surface area (Å²) in [5.74, 6) is -2.57. The average Bonchev–Trinajstić information content (AvgIpc) is 3.44. The summed E-state index contributed by atoms with van der Waals surface area (Å²) in [5.41, 5.74) is -0.455. The Morgan fingerprint density at radius 1 is 0.976 bits per heavy atom. The standard InChI is InChI=1S/C30H46N4O7/c1-7-9-21(25(36)27(38)31-19-12-13-19)32-26(37)24-20-11-8-10-18(20)16-34(24)28(39)22(14-15-23(35)17(2)3)33-29(40)41-30(4,5)6/h18-22,24H,2,7-16H2,1,3-6H3,(H,31,38)(H,32,37)(H,33,40)/t18-,20-,21-,22-,24?/m0/s1. The van der Waals surface area contributed by atoms with Crippen molar-refractivity contribution in [3.63, 3.8) is 0 Å². The van der Waals surface area contributed by atoms with Crippen LogP contribution in [0.2, 0.25) is 0 Å². The number of alkyl carbamates (subject to hydrolysis) is 1. The number of ketones is 2. The Hall–Kier alpha value is -3.24. The fraction of sp³-hybridized carbons (Fsp3) is 0.733. The second-order valence-electron chi connectivity index (χ2n) is 12.7. The van der Waals surface area contributed by atoms with E-state index in [2.05, 4.69) is 22.5 Å². The molecular weight excluding hydrogens is 528 g/mol. The Morgan fingerprint density at radius 3 is 2.24 bits per heavy atom. The first-order valence-corrected chi connectivity index (χ1v) is 14.9. The number of rotatable bonds is 13. The fourth-order valence-electron chi connectivity index (χ4n) is 5.72. The lowest BCUT2D eigenvalue weighted by molar-refractivity contribution is -0.143. The Balaban J connectivity index is 1.81. The van der Waals surface area contributed by atoms with E-state index in [1.165, 1.54) is 4.90 Å². The fourth-order valence-corrected chi connectivity index (χ4v) is 5.72. The van der Waals surface area contributed by atoms with Crippen molar-refractivity contribution in [2.45, 2.75) is 122 Å². The van der Waals surface area contributed by atoms with Crippen LogP contribution < -0.4 is 16.0 Å². The number of fused-ring (bicyclic) bond motifs is 1. The maximum Gasteiger partial charge on any atom is 0.408 e. The van der Waals surface area contributed by atoms with Gasteiger partial charge in [-0.15, -0.1) is 0 Å². The molecule has 1 heterocycles. The molecule has 228 valence electrons. The van der Waals surface area contributed by atoms with Crippen molar-refractivity contribution in [2.24, 2.45) is 11.8 Å². The van der Waals surface area contributed by atoms with Crippen LogP contribution in [0.1, 0.15) is 92.4 Å².